The number of benzene rings is 1. The molecule has 106 valence electrons. The highest BCUT2D eigenvalue weighted by Gasteiger charge is 2.30. The van der Waals surface area contributed by atoms with Crippen LogP contribution in [0.5, 0.6) is 0 Å². The van der Waals surface area contributed by atoms with Crippen LogP contribution in [0, 0.1) is 18.3 Å². The van der Waals surface area contributed by atoms with Crippen LogP contribution in [0.1, 0.15) is 50.7 Å². The maximum Gasteiger partial charge on any atom is 0.0441 e. The van der Waals surface area contributed by atoms with Crippen LogP contribution in [-0.4, -0.2) is 6.04 Å². The van der Waals surface area contributed by atoms with Crippen LogP contribution in [0.15, 0.2) is 18.2 Å². The molecule has 2 rings (SSSR count). The normalized spacial score (nSPS) is 21.3. The van der Waals surface area contributed by atoms with Gasteiger partial charge in [-0.05, 0) is 67.6 Å². The molecule has 1 atom stereocenters. The van der Waals surface area contributed by atoms with Gasteiger partial charge >= 0.3 is 0 Å². The smallest absolute Gasteiger partial charge is 0.0441 e. The molecule has 1 nitrogen and oxygen atoms in total. The number of nitrogens with two attached hydrogens (primary N) is 1. The van der Waals surface area contributed by atoms with Gasteiger partial charge in [0.25, 0.3) is 0 Å². The van der Waals surface area contributed by atoms with Crippen LogP contribution >= 0.6 is 11.6 Å². The third-order valence-corrected chi connectivity index (χ3v) is 5.01. The molecule has 1 aromatic rings. The van der Waals surface area contributed by atoms with E-state index in [9.17, 15) is 0 Å². The van der Waals surface area contributed by atoms with Gasteiger partial charge in [0.05, 0.1) is 0 Å². The van der Waals surface area contributed by atoms with Crippen LogP contribution < -0.4 is 5.73 Å². The Morgan fingerprint density at radius 2 is 1.95 bits per heavy atom. The summed E-state index contributed by atoms with van der Waals surface area (Å²) >= 11 is 6.30. The summed E-state index contributed by atoms with van der Waals surface area (Å²) in [4.78, 5) is 0. The Kier molecular flexibility index (Phi) is 4.58. The lowest BCUT2D eigenvalue weighted by Crippen LogP contribution is -2.36. The van der Waals surface area contributed by atoms with Crippen LogP contribution in [0.2, 0.25) is 5.02 Å². The van der Waals surface area contributed by atoms with Crippen molar-refractivity contribution in [1.82, 2.24) is 0 Å². The summed E-state index contributed by atoms with van der Waals surface area (Å²) < 4.78 is 0. The molecule has 0 aromatic heterocycles. The van der Waals surface area contributed by atoms with Gasteiger partial charge in [0, 0.05) is 11.1 Å². The van der Waals surface area contributed by atoms with Crippen molar-refractivity contribution >= 4 is 11.6 Å². The first-order valence-corrected chi connectivity index (χ1v) is 7.76. The quantitative estimate of drug-likeness (QED) is 0.850. The van der Waals surface area contributed by atoms with Gasteiger partial charge in [0.2, 0.25) is 0 Å². The topological polar surface area (TPSA) is 26.0 Å². The van der Waals surface area contributed by atoms with Crippen LogP contribution in [0.3, 0.4) is 0 Å². The highest BCUT2D eigenvalue weighted by Crippen LogP contribution is 2.39. The van der Waals surface area contributed by atoms with Gasteiger partial charge in [-0.2, -0.15) is 0 Å². The first kappa shape index (κ1) is 14.9. The average Bonchev–Trinajstić information content (AvgIpc) is 2.32. The predicted octanol–water partition coefficient (Wildman–Crippen LogP) is 4.73. The lowest BCUT2D eigenvalue weighted by atomic mass is 9.70. The molecule has 1 aromatic carbocycles. The van der Waals surface area contributed by atoms with Crippen molar-refractivity contribution in [3.05, 3.63) is 34.3 Å². The zero-order valence-corrected chi connectivity index (χ0v) is 13.1. The Morgan fingerprint density at radius 3 is 2.53 bits per heavy atom. The number of hydrogen-bond acceptors (Lipinski definition) is 1. The summed E-state index contributed by atoms with van der Waals surface area (Å²) in [5, 5.41) is 0.867. The summed E-state index contributed by atoms with van der Waals surface area (Å²) in [6.45, 7) is 6.80. The monoisotopic (exact) mass is 279 g/mol. The standard InChI is InChI=1S/C17H26ClN/c1-12-4-5-14(15(18)10-12)11-16(19)13-6-8-17(2,3)9-7-13/h4-5,10,13,16H,6-9,11,19H2,1-3H3. The molecule has 0 spiro atoms. The largest absolute Gasteiger partial charge is 0.327 e. The number of aryl methyl sites for hydroxylation is 1. The van der Waals surface area contributed by atoms with Gasteiger partial charge < -0.3 is 5.73 Å². The number of halogens is 1. The highest BCUT2D eigenvalue weighted by atomic mass is 35.5. The van der Waals surface area contributed by atoms with Crippen molar-refractivity contribution in [2.45, 2.75) is 58.9 Å². The van der Waals surface area contributed by atoms with E-state index >= 15 is 0 Å². The fourth-order valence-corrected chi connectivity index (χ4v) is 3.40. The van der Waals surface area contributed by atoms with E-state index in [1.807, 2.05) is 6.07 Å². The van der Waals surface area contributed by atoms with Crippen molar-refractivity contribution in [2.75, 3.05) is 0 Å². The molecule has 2 N–H and O–H groups in total. The third kappa shape index (κ3) is 3.97. The fraction of sp³-hybridized carbons (Fsp3) is 0.647. The van der Waals surface area contributed by atoms with Crippen molar-refractivity contribution in [2.24, 2.45) is 17.1 Å². The van der Waals surface area contributed by atoms with E-state index in [1.165, 1.54) is 36.8 Å². The van der Waals surface area contributed by atoms with Gasteiger partial charge in [-0.3, -0.25) is 0 Å². The second-order valence-electron chi connectivity index (χ2n) is 6.96. The molecular weight excluding hydrogens is 254 g/mol. The van der Waals surface area contributed by atoms with E-state index in [0.29, 0.717) is 11.3 Å². The van der Waals surface area contributed by atoms with E-state index < -0.39 is 0 Å². The first-order valence-electron chi connectivity index (χ1n) is 7.38. The SMILES string of the molecule is Cc1ccc(CC(N)C2CCC(C)(C)CC2)c(Cl)c1. The Morgan fingerprint density at radius 1 is 1.32 bits per heavy atom. The summed E-state index contributed by atoms with van der Waals surface area (Å²) in [6.07, 6.45) is 6.03. The molecule has 1 aliphatic rings. The van der Waals surface area contributed by atoms with Gasteiger partial charge in [0.15, 0.2) is 0 Å². The average molecular weight is 280 g/mol. The molecule has 0 aliphatic heterocycles. The molecular formula is C17H26ClN. The number of rotatable bonds is 3. The fourth-order valence-electron chi connectivity index (χ4n) is 3.09. The third-order valence-electron chi connectivity index (χ3n) is 4.65. The van der Waals surface area contributed by atoms with Crippen molar-refractivity contribution in [1.29, 1.82) is 0 Å². The van der Waals surface area contributed by atoms with Crippen LogP contribution in [0.25, 0.3) is 0 Å². The number of hydrogen-bond donors (Lipinski definition) is 1. The molecule has 1 fully saturated rings. The summed E-state index contributed by atoms with van der Waals surface area (Å²) in [5.41, 5.74) is 9.34. The Bertz CT molecular complexity index is 429. The molecule has 1 aliphatic carbocycles. The minimum atomic E-state index is 0.247. The maximum atomic E-state index is 6.42. The first-order chi connectivity index (χ1) is 8.87. The molecule has 19 heavy (non-hydrogen) atoms. The minimum Gasteiger partial charge on any atom is -0.327 e. The summed E-state index contributed by atoms with van der Waals surface area (Å²) in [7, 11) is 0. The zero-order valence-electron chi connectivity index (χ0n) is 12.4. The lowest BCUT2D eigenvalue weighted by molar-refractivity contribution is 0.173. The van der Waals surface area contributed by atoms with Gasteiger partial charge in [-0.1, -0.05) is 37.6 Å². The minimum absolute atomic E-state index is 0.247. The zero-order chi connectivity index (χ0) is 14.0. The molecule has 0 saturated heterocycles. The second-order valence-corrected chi connectivity index (χ2v) is 7.37. The Balaban J connectivity index is 1.96. The van der Waals surface area contributed by atoms with E-state index in [1.54, 1.807) is 0 Å². The van der Waals surface area contributed by atoms with E-state index in [-0.39, 0.29) is 6.04 Å². The van der Waals surface area contributed by atoms with Gasteiger partial charge in [-0.15, -0.1) is 0 Å². The summed E-state index contributed by atoms with van der Waals surface area (Å²) in [5.74, 6) is 0.658. The molecule has 1 saturated carbocycles. The Hall–Kier alpha value is -0.530. The van der Waals surface area contributed by atoms with Crippen LogP contribution in [-0.2, 0) is 6.42 Å². The molecule has 1 unspecified atom stereocenters. The molecule has 0 bridgehead atoms. The second kappa shape index (κ2) is 5.85. The van der Waals surface area contributed by atoms with Crippen molar-refractivity contribution in [3.8, 4) is 0 Å². The van der Waals surface area contributed by atoms with Crippen molar-refractivity contribution < 1.29 is 0 Å². The summed E-state index contributed by atoms with van der Waals surface area (Å²) in [6, 6.07) is 6.53. The van der Waals surface area contributed by atoms with Crippen molar-refractivity contribution in [3.63, 3.8) is 0 Å². The predicted molar refractivity (Wildman–Crippen MR) is 83.6 cm³/mol. The molecule has 0 heterocycles. The lowest BCUT2D eigenvalue weighted by Gasteiger charge is -2.37. The van der Waals surface area contributed by atoms with E-state index in [0.717, 1.165) is 11.4 Å². The molecule has 0 radical (unpaired) electrons. The van der Waals surface area contributed by atoms with Gasteiger partial charge in [0.1, 0.15) is 0 Å². The molecule has 2 heteroatoms. The maximum absolute atomic E-state index is 6.42. The highest BCUT2D eigenvalue weighted by molar-refractivity contribution is 6.31. The van der Waals surface area contributed by atoms with E-state index in [2.05, 4.69) is 32.9 Å². The Labute approximate surface area is 122 Å². The van der Waals surface area contributed by atoms with E-state index in [4.69, 9.17) is 17.3 Å². The van der Waals surface area contributed by atoms with Gasteiger partial charge in [-0.25, -0.2) is 0 Å². The van der Waals surface area contributed by atoms with Crippen LogP contribution in [0.4, 0.5) is 0 Å². The molecule has 0 amide bonds.